The van der Waals surface area contributed by atoms with Crippen molar-refractivity contribution in [1.82, 2.24) is 14.8 Å². The number of rotatable bonds is 5. The largest absolute Gasteiger partial charge is 0.324 e. The van der Waals surface area contributed by atoms with Crippen LogP contribution in [0.15, 0.2) is 78.0 Å². The van der Waals surface area contributed by atoms with Crippen LogP contribution in [0, 0.1) is 0 Å². The van der Waals surface area contributed by atoms with Crippen LogP contribution in [0.3, 0.4) is 0 Å². The number of nitrogens with one attached hydrogen (secondary N) is 2. The lowest BCUT2D eigenvalue weighted by Crippen LogP contribution is -2.36. The van der Waals surface area contributed by atoms with Crippen molar-refractivity contribution < 1.29 is 9.59 Å². The zero-order valence-corrected chi connectivity index (χ0v) is 17.3. The van der Waals surface area contributed by atoms with Gasteiger partial charge >= 0.3 is 0 Å². The summed E-state index contributed by atoms with van der Waals surface area (Å²) in [6.45, 7) is 0. The van der Waals surface area contributed by atoms with E-state index in [0.29, 0.717) is 22.5 Å². The van der Waals surface area contributed by atoms with Crippen LogP contribution in [0.2, 0.25) is 0 Å². The Kier molecular flexibility index (Phi) is 5.13. The summed E-state index contributed by atoms with van der Waals surface area (Å²) < 4.78 is 1.51. The number of carbonyl (C=O) groups is 2. The van der Waals surface area contributed by atoms with Gasteiger partial charge in [-0.15, -0.1) is 5.10 Å². The van der Waals surface area contributed by atoms with Gasteiger partial charge in [-0.05, 0) is 17.0 Å². The molecule has 154 valence electrons. The molecule has 0 saturated carbocycles. The topological polar surface area (TPSA) is 88.9 Å². The predicted molar refractivity (Wildman–Crippen MR) is 121 cm³/mol. The van der Waals surface area contributed by atoms with E-state index in [1.54, 1.807) is 0 Å². The van der Waals surface area contributed by atoms with E-state index < -0.39 is 6.04 Å². The number of benzene rings is 3. The summed E-state index contributed by atoms with van der Waals surface area (Å²) in [7, 11) is 0. The molecular weight excluding hydrogens is 410 g/mol. The lowest BCUT2D eigenvalue weighted by atomic mass is 10.1. The molecule has 0 saturated heterocycles. The predicted octanol–water partition coefficient (Wildman–Crippen LogP) is 4.25. The van der Waals surface area contributed by atoms with E-state index >= 15 is 0 Å². The quantitative estimate of drug-likeness (QED) is 0.463. The van der Waals surface area contributed by atoms with Gasteiger partial charge in [0, 0.05) is 16.8 Å². The van der Waals surface area contributed by atoms with Gasteiger partial charge in [-0.2, -0.15) is 4.98 Å². The van der Waals surface area contributed by atoms with Gasteiger partial charge in [-0.1, -0.05) is 78.5 Å². The Bertz CT molecular complexity index is 1270. The average molecular weight is 430 g/mol. The SMILES string of the molecule is O=C1C[C@H](C(=O)Nc2cccc3ccccc23)n2nc(SCc3ccccc3)nc2N1. The van der Waals surface area contributed by atoms with Gasteiger partial charge in [0.05, 0.1) is 6.42 Å². The van der Waals surface area contributed by atoms with Crippen molar-refractivity contribution in [3.8, 4) is 0 Å². The van der Waals surface area contributed by atoms with Crippen LogP contribution in [0.25, 0.3) is 10.8 Å². The molecule has 7 nitrogen and oxygen atoms in total. The number of amides is 2. The molecule has 0 bridgehead atoms. The molecular formula is C23H19N5O2S. The Hall–Kier alpha value is -3.65. The molecule has 1 aromatic heterocycles. The Balaban J connectivity index is 1.38. The Morgan fingerprint density at radius 3 is 2.71 bits per heavy atom. The van der Waals surface area contributed by atoms with Gasteiger partial charge in [0.1, 0.15) is 6.04 Å². The second-order valence-electron chi connectivity index (χ2n) is 7.22. The number of nitrogens with zero attached hydrogens (tertiary/aromatic N) is 3. The minimum Gasteiger partial charge on any atom is -0.324 e. The molecule has 5 rings (SSSR count). The smallest absolute Gasteiger partial charge is 0.249 e. The van der Waals surface area contributed by atoms with Crippen molar-refractivity contribution in [2.75, 3.05) is 10.6 Å². The van der Waals surface area contributed by atoms with Crippen LogP contribution in [0.5, 0.6) is 0 Å². The number of aromatic nitrogens is 3. The van der Waals surface area contributed by atoms with Crippen LogP contribution >= 0.6 is 11.8 Å². The molecule has 2 N–H and O–H groups in total. The second kappa shape index (κ2) is 8.23. The van der Waals surface area contributed by atoms with Crippen LogP contribution < -0.4 is 10.6 Å². The molecule has 0 fully saturated rings. The fourth-order valence-corrected chi connectivity index (χ4v) is 4.37. The molecule has 1 aliphatic rings. The van der Waals surface area contributed by atoms with Gasteiger partial charge in [0.25, 0.3) is 0 Å². The first-order chi connectivity index (χ1) is 15.2. The van der Waals surface area contributed by atoms with E-state index in [2.05, 4.69) is 20.7 Å². The van der Waals surface area contributed by atoms with Crippen molar-refractivity contribution >= 4 is 46.0 Å². The Labute approximate surface area is 182 Å². The maximum Gasteiger partial charge on any atom is 0.249 e. The fraction of sp³-hybridized carbons (Fsp3) is 0.130. The van der Waals surface area contributed by atoms with Crippen LogP contribution in [-0.4, -0.2) is 26.6 Å². The summed E-state index contributed by atoms with van der Waals surface area (Å²) in [5.41, 5.74) is 1.85. The lowest BCUT2D eigenvalue weighted by Gasteiger charge is -2.22. The summed E-state index contributed by atoms with van der Waals surface area (Å²) in [6.07, 6.45) is 0.00967. The zero-order valence-electron chi connectivity index (χ0n) is 16.5. The van der Waals surface area contributed by atoms with Crippen molar-refractivity contribution in [3.63, 3.8) is 0 Å². The highest BCUT2D eigenvalue weighted by Crippen LogP contribution is 2.29. The van der Waals surface area contributed by atoms with Crippen LogP contribution in [-0.2, 0) is 15.3 Å². The third kappa shape index (κ3) is 4.02. The Morgan fingerprint density at radius 1 is 1.06 bits per heavy atom. The second-order valence-corrected chi connectivity index (χ2v) is 8.16. The first-order valence-electron chi connectivity index (χ1n) is 9.89. The Morgan fingerprint density at radius 2 is 1.84 bits per heavy atom. The molecule has 0 unspecified atom stereocenters. The van der Waals surface area contributed by atoms with Crippen LogP contribution in [0.4, 0.5) is 11.6 Å². The molecule has 0 aliphatic carbocycles. The van der Waals surface area contributed by atoms with Gasteiger partial charge < -0.3 is 5.32 Å². The van der Waals surface area contributed by atoms with E-state index in [-0.39, 0.29) is 18.2 Å². The van der Waals surface area contributed by atoms with E-state index in [1.165, 1.54) is 16.4 Å². The van der Waals surface area contributed by atoms with Crippen molar-refractivity contribution in [2.45, 2.75) is 23.4 Å². The number of hydrogen-bond donors (Lipinski definition) is 2. The van der Waals surface area contributed by atoms with Gasteiger partial charge in [-0.3, -0.25) is 14.9 Å². The first kappa shape index (κ1) is 19.3. The van der Waals surface area contributed by atoms with E-state index in [4.69, 9.17) is 0 Å². The van der Waals surface area contributed by atoms with E-state index in [0.717, 1.165) is 16.3 Å². The molecule has 31 heavy (non-hydrogen) atoms. The molecule has 3 aromatic carbocycles. The average Bonchev–Trinajstić information content (AvgIpc) is 3.21. The summed E-state index contributed by atoms with van der Waals surface area (Å²) in [5.74, 6) is 0.449. The van der Waals surface area contributed by atoms with Gasteiger partial charge in [0.2, 0.25) is 22.9 Å². The third-order valence-corrected chi connectivity index (χ3v) is 6.01. The summed E-state index contributed by atoms with van der Waals surface area (Å²) in [5, 5.41) is 12.7. The molecule has 2 heterocycles. The highest BCUT2D eigenvalue weighted by molar-refractivity contribution is 7.98. The van der Waals surface area contributed by atoms with Crippen molar-refractivity contribution in [2.24, 2.45) is 0 Å². The number of hydrogen-bond acceptors (Lipinski definition) is 5. The molecule has 1 atom stereocenters. The lowest BCUT2D eigenvalue weighted by molar-refractivity contribution is -0.125. The molecule has 8 heteroatoms. The minimum atomic E-state index is -0.763. The molecule has 1 aliphatic heterocycles. The summed E-state index contributed by atoms with van der Waals surface area (Å²) in [6, 6.07) is 22.8. The minimum absolute atomic E-state index is 0.00967. The van der Waals surface area contributed by atoms with Gasteiger partial charge in [0.15, 0.2) is 0 Å². The maximum absolute atomic E-state index is 13.1. The molecule has 0 radical (unpaired) electrons. The van der Waals surface area contributed by atoms with E-state index in [9.17, 15) is 9.59 Å². The summed E-state index contributed by atoms with van der Waals surface area (Å²) >= 11 is 1.46. The fourth-order valence-electron chi connectivity index (χ4n) is 3.58. The van der Waals surface area contributed by atoms with E-state index in [1.807, 2.05) is 72.8 Å². The molecule has 0 spiro atoms. The van der Waals surface area contributed by atoms with Gasteiger partial charge in [-0.25, -0.2) is 4.68 Å². The number of thioether (sulfide) groups is 1. The standard InChI is InChI=1S/C23H19N5O2S/c29-20-13-19(21(30)24-18-12-6-10-16-9-4-5-11-17(16)18)28-22(25-20)26-23(27-28)31-14-15-7-2-1-3-8-15/h1-12,19H,13-14H2,(H,24,30)(H,25,26,27,29)/t19-/m1/s1. The van der Waals surface area contributed by atoms with Crippen molar-refractivity contribution in [3.05, 3.63) is 78.4 Å². The monoisotopic (exact) mass is 429 g/mol. The highest BCUT2D eigenvalue weighted by atomic mass is 32.2. The van der Waals surface area contributed by atoms with Crippen molar-refractivity contribution in [1.29, 1.82) is 0 Å². The number of carbonyl (C=O) groups excluding carboxylic acids is 2. The normalized spacial score (nSPS) is 15.4. The zero-order chi connectivity index (χ0) is 21.2. The summed E-state index contributed by atoms with van der Waals surface area (Å²) in [4.78, 5) is 29.7. The third-order valence-electron chi connectivity index (χ3n) is 5.10. The number of anilines is 2. The molecule has 2 amide bonds. The maximum atomic E-state index is 13.1. The first-order valence-corrected chi connectivity index (χ1v) is 10.9. The number of fused-ring (bicyclic) bond motifs is 2. The van der Waals surface area contributed by atoms with Crippen LogP contribution in [0.1, 0.15) is 18.0 Å². The molecule has 4 aromatic rings. The highest BCUT2D eigenvalue weighted by Gasteiger charge is 2.33.